The van der Waals surface area contributed by atoms with Gasteiger partial charge in [0.05, 0.1) is 16.3 Å². The van der Waals surface area contributed by atoms with E-state index in [9.17, 15) is 22.8 Å². The Morgan fingerprint density at radius 2 is 1.86 bits per heavy atom. The van der Waals surface area contributed by atoms with E-state index in [1.807, 2.05) is 0 Å². The van der Waals surface area contributed by atoms with E-state index in [1.54, 1.807) is 20.8 Å². The summed E-state index contributed by atoms with van der Waals surface area (Å²) >= 11 is 11.7. The number of carbonyl (C=O) groups excluding carboxylic acids is 2. The zero-order chi connectivity index (χ0) is 22.1. The van der Waals surface area contributed by atoms with Crippen LogP contribution in [0.25, 0.3) is 0 Å². The fourth-order valence-corrected chi connectivity index (χ4v) is 2.89. The molecule has 10 heteroatoms. The molecule has 1 aromatic carbocycles. The lowest BCUT2D eigenvalue weighted by molar-refractivity contribution is -0.137. The highest BCUT2D eigenvalue weighted by Gasteiger charge is 2.33. The van der Waals surface area contributed by atoms with E-state index in [4.69, 9.17) is 27.9 Å². The summed E-state index contributed by atoms with van der Waals surface area (Å²) < 4.78 is 45.3. The van der Waals surface area contributed by atoms with Crippen LogP contribution in [0.3, 0.4) is 0 Å². The number of hydrogen-bond donors (Lipinski definition) is 0. The standard InChI is InChI=1S/C19H19Cl2F3N2O3/c1-10-15(16(28)12-6-5-11(7-13(12)21)19(22,23)24)17(26(4)25-10)29-8-14(27)18(2,3)9-20/h5-7H,8-9H2,1-4H3. The number of alkyl halides is 4. The molecule has 0 bridgehead atoms. The number of rotatable bonds is 7. The van der Waals surface area contributed by atoms with Gasteiger partial charge in [0.2, 0.25) is 11.7 Å². The lowest BCUT2D eigenvalue weighted by Crippen LogP contribution is -2.31. The van der Waals surface area contributed by atoms with Gasteiger partial charge >= 0.3 is 6.18 Å². The molecular weight excluding hydrogens is 432 g/mol. The number of hydrogen-bond acceptors (Lipinski definition) is 4. The van der Waals surface area contributed by atoms with Crippen LogP contribution in [0.2, 0.25) is 5.02 Å². The van der Waals surface area contributed by atoms with E-state index >= 15 is 0 Å². The van der Waals surface area contributed by atoms with Crippen molar-refractivity contribution < 1.29 is 27.5 Å². The van der Waals surface area contributed by atoms with Crippen LogP contribution in [0.15, 0.2) is 18.2 Å². The second-order valence-electron chi connectivity index (χ2n) is 7.14. The molecule has 2 rings (SSSR count). The van der Waals surface area contributed by atoms with Crippen LogP contribution in [0.5, 0.6) is 5.88 Å². The maximum absolute atomic E-state index is 13.0. The van der Waals surface area contributed by atoms with Crippen molar-refractivity contribution in [2.45, 2.75) is 26.9 Å². The summed E-state index contributed by atoms with van der Waals surface area (Å²) in [5.41, 5.74) is -1.62. The Hall–Kier alpha value is -2.06. The van der Waals surface area contributed by atoms with E-state index in [1.165, 1.54) is 11.7 Å². The Kier molecular flexibility index (Phi) is 6.69. The summed E-state index contributed by atoms with van der Waals surface area (Å²) in [6.07, 6.45) is -4.58. The Morgan fingerprint density at radius 1 is 1.24 bits per heavy atom. The molecule has 0 N–H and O–H groups in total. The third-order valence-electron chi connectivity index (χ3n) is 4.37. The number of benzene rings is 1. The third kappa shape index (κ3) is 4.93. The highest BCUT2D eigenvalue weighted by Crippen LogP contribution is 2.34. The molecule has 0 fully saturated rings. The summed E-state index contributed by atoms with van der Waals surface area (Å²) in [5.74, 6) is -0.833. The molecule has 0 radical (unpaired) electrons. The van der Waals surface area contributed by atoms with Gasteiger partial charge in [-0.1, -0.05) is 25.4 Å². The number of Topliss-reactive ketones (excluding diaryl/α,β-unsaturated/α-hetero) is 1. The molecule has 0 spiro atoms. The molecule has 0 saturated heterocycles. The van der Waals surface area contributed by atoms with E-state index < -0.39 is 22.9 Å². The van der Waals surface area contributed by atoms with Crippen molar-refractivity contribution in [1.82, 2.24) is 9.78 Å². The van der Waals surface area contributed by atoms with Gasteiger partial charge in [0.25, 0.3) is 0 Å². The van der Waals surface area contributed by atoms with E-state index in [0.29, 0.717) is 6.07 Å². The first-order valence-corrected chi connectivity index (χ1v) is 9.38. The van der Waals surface area contributed by atoms with Gasteiger partial charge in [-0.25, -0.2) is 4.68 Å². The molecule has 0 saturated carbocycles. The topological polar surface area (TPSA) is 61.2 Å². The fourth-order valence-electron chi connectivity index (χ4n) is 2.48. The summed E-state index contributed by atoms with van der Waals surface area (Å²) in [5, 5.41) is 3.77. The van der Waals surface area contributed by atoms with Gasteiger partial charge in [0.1, 0.15) is 12.2 Å². The third-order valence-corrected chi connectivity index (χ3v) is 5.35. The van der Waals surface area contributed by atoms with E-state index in [-0.39, 0.29) is 46.0 Å². The largest absolute Gasteiger partial charge is 0.469 e. The normalized spacial score (nSPS) is 12.2. The summed E-state index contributed by atoms with van der Waals surface area (Å²) in [7, 11) is 1.52. The highest BCUT2D eigenvalue weighted by molar-refractivity contribution is 6.35. The van der Waals surface area contributed by atoms with Gasteiger partial charge in [0, 0.05) is 23.9 Å². The second kappa shape index (κ2) is 8.36. The predicted octanol–water partition coefficient (Wildman–Crippen LogP) is 4.84. The first kappa shape index (κ1) is 23.2. The lowest BCUT2D eigenvalue weighted by atomic mass is 9.91. The van der Waals surface area contributed by atoms with Crippen LogP contribution in [0, 0.1) is 12.3 Å². The molecule has 2 aromatic rings. The van der Waals surface area contributed by atoms with Crippen LogP contribution in [0.1, 0.15) is 41.0 Å². The van der Waals surface area contributed by atoms with Gasteiger partial charge in [-0.2, -0.15) is 18.3 Å². The maximum atomic E-state index is 13.0. The molecule has 158 valence electrons. The number of aryl methyl sites for hydroxylation is 2. The number of ketones is 2. The zero-order valence-corrected chi connectivity index (χ0v) is 17.7. The van der Waals surface area contributed by atoms with Gasteiger partial charge in [0.15, 0.2) is 5.78 Å². The van der Waals surface area contributed by atoms with Crippen LogP contribution < -0.4 is 4.74 Å². The van der Waals surface area contributed by atoms with E-state index in [2.05, 4.69) is 5.10 Å². The Labute approximate surface area is 175 Å². The minimum atomic E-state index is -4.58. The maximum Gasteiger partial charge on any atom is 0.416 e. The van der Waals surface area contributed by atoms with Gasteiger partial charge in [-0.3, -0.25) is 9.59 Å². The molecular formula is C19H19Cl2F3N2O3. The highest BCUT2D eigenvalue weighted by atomic mass is 35.5. The molecule has 0 aliphatic rings. The van der Waals surface area contributed by atoms with Crippen molar-refractivity contribution in [3.8, 4) is 5.88 Å². The molecule has 29 heavy (non-hydrogen) atoms. The van der Waals surface area contributed by atoms with Crippen molar-refractivity contribution in [1.29, 1.82) is 0 Å². The van der Waals surface area contributed by atoms with Gasteiger partial charge < -0.3 is 4.74 Å². The van der Waals surface area contributed by atoms with Crippen molar-refractivity contribution in [3.63, 3.8) is 0 Å². The number of ether oxygens (including phenoxy) is 1. The van der Waals surface area contributed by atoms with E-state index in [0.717, 1.165) is 12.1 Å². The Morgan fingerprint density at radius 3 is 2.38 bits per heavy atom. The molecule has 0 aliphatic heterocycles. The minimum absolute atomic E-state index is 0.0159. The quantitative estimate of drug-likeness (QED) is 0.447. The molecule has 1 aromatic heterocycles. The van der Waals surface area contributed by atoms with Crippen molar-refractivity contribution in [2.24, 2.45) is 12.5 Å². The van der Waals surface area contributed by atoms with Crippen molar-refractivity contribution >= 4 is 34.8 Å². The fraction of sp³-hybridized carbons (Fsp3) is 0.421. The summed E-state index contributed by atoms with van der Waals surface area (Å²) in [6, 6.07) is 2.47. The lowest BCUT2D eigenvalue weighted by Gasteiger charge is -2.19. The molecule has 0 amide bonds. The molecule has 0 atom stereocenters. The zero-order valence-electron chi connectivity index (χ0n) is 16.2. The first-order chi connectivity index (χ1) is 13.3. The number of halogens is 5. The molecule has 0 aliphatic carbocycles. The number of aromatic nitrogens is 2. The van der Waals surface area contributed by atoms with Gasteiger partial charge in [-0.15, -0.1) is 11.6 Å². The summed E-state index contributed by atoms with van der Waals surface area (Å²) in [6.45, 7) is 4.52. The van der Waals surface area contributed by atoms with Crippen molar-refractivity contribution in [2.75, 3.05) is 12.5 Å². The van der Waals surface area contributed by atoms with Crippen LogP contribution in [-0.4, -0.2) is 33.8 Å². The second-order valence-corrected chi connectivity index (χ2v) is 7.81. The Bertz CT molecular complexity index is 953. The average molecular weight is 451 g/mol. The molecule has 1 heterocycles. The predicted molar refractivity (Wildman–Crippen MR) is 103 cm³/mol. The first-order valence-electron chi connectivity index (χ1n) is 8.46. The van der Waals surface area contributed by atoms with Crippen LogP contribution >= 0.6 is 23.2 Å². The molecule has 0 unspecified atom stereocenters. The average Bonchev–Trinajstić information content (AvgIpc) is 2.91. The monoisotopic (exact) mass is 450 g/mol. The number of nitrogens with zero attached hydrogens (tertiary/aromatic N) is 2. The van der Waals surface area contributed by atoms with Crippen LogP contribution in [-0.2, 0) is 18.0 Å². The van der Waals surface area contributed by atoms with Crippen LogP contribution in [0.4, 0.5) is 13.2 Å². The number of carbonyl (C=O) groups is 2. The minimum Gasteiger partial charge on any atom is -0.469 e. The Balaban J connectivity index is 2.38. The van der Waals surface area contributed by atoms with Gasteiger partial charge in [-0.05, 0) is 25.1 Å². The SMILES string of the molecule is Cc1nn(C)c(OCC(=O)C(C)(C)CCl)c1C(=O)c1ccc(C(F)(F)F)cc1Cl. The molecule has 5 nitrogen and oxygen atoms in total. The summed E-state index contributed by atoms with van der Waals surface area (Å²) in [4.78, 5) is 25.2. The van der Waals surface area contributed by atoms with Crippen molar-refractivity contribution in [3.05, 3.63) is 45.6 Å². The smallest absolute Gasteiger partial charge is 0.416 e.